The van der Waals surface area contributed by atoms with E-state index in [4.69, 9.17) is 5.73 Å². The van der Waals surface area contributed by atoms with Crippen molar-refractivity contribution in [3.63, 3.8) is 0 Å². The number of nitrogens with zero attached hydrogens (tertiary/aromatic N) is 1. The van der Waals surface area contributed by atoms with Crippen molar-refractivity contribution in [1.29, 1.82) is 0 Å². The number of allylic oxidation sites excluding steroid dienone is 2. The maximum Gasteiger partial charge on any atom is 0.246 e. The number of primary amides is 1. The number of benzene rings is 1. The van der Waals surface area contributed by atoms with Gasteiger partial charge >= 0.3 is 0 Å². The summed E-state index contributed by atoms with van der Waals surface area (Å²) in [5, 5.41) is 0. The molecule has 0 radical (unpaired) electrons. The largest absolute Gasteiger partial charge is 0.372 e. The second-order valence-corrected chi connectivity index (χ2v) is 5.31. The highest BCUT2D eigenvalue weighted by Crippen LogP contribution is 2.36. The summed E-state index contributed by atoms with van der Waals surface area (Å²) in [5.74, 6) is 0.431. The molecule has 3 rings (SSSR count). The average molecular weight is 254 g/mol. The molecule has 0 bridgehead atoms. The van der Waals surface area contributed by atoms with Crippen molar-refractivity contribution in [3.8, 4) is 0 Å². The fourth-order valence-electron chi connectivity index (χ4n) is 3.04. The number of rotatable bonds is 3. The highest BCUT2D eigenvalue weighted by molar-refractivity contribution is 5.93. The SMILES string of the molecule is NC(=O)C1=CN(Cc2ccccc2)C[C@@H]2CC=C[C@H]12. The van der Waals surface area contributed by atoms with Crippen LogP contribution < -0.4 is 5.73 Å². The maximum atomic E-state index is 11.6. The van der Waals surface area contributed by atoms with Crippen molar-refractivity contribution in [2.24, 2.45) is 17.6 Å². The second kappa shape index (κ2) is 4.92. The summed E-state index contributed by atoms with van der Waals surface area (Å²) in [6.07, 6.45) is 7.28. The lowest BCUT2D eigenvalue weighted by Gasteiger charge is -2.34. The molecular formula is C16H18N2O. The van der Waals surface area contributed by atoms with Crippen LogP contribution in [0, 0.1) is 11.8 Å². The average Bonchev–Trinajstić information content (AvgIpc) is 2.87. The molecule has 98 valence electrons. The molecule has 0 aromatic heterocycles. The summed E-state index contributed by atoms with van der Waals surface area (Å²) in [5.41, 5.74) is 7.52. The summed E-state index contributed by atoms with van der Waals surface area (Å²) in [7, 11) is 0. The van der Waals surface area contributed by atoms with Crippen LogP contribution in [-0.4, -0.2) is 17.4 Å². The Bertz CT molecular complexity index is 533. The van der Waals surface area contributed by atoms with E-state index in [0.717, 1.165) is 25.1 Å². The first kappa shape index (κ1) is 12.0. The summed E-state index contributed by atoms with van der Waals surface area (Å²) in [6, 6.07) is 10.3. The molecule has 2 atom stereocenters. The molecule has 1 amide bonds. The highest BCUT2D eigenvalue weighted by Gasteiger charge is 2.33. The molecule has 0 saturated carbocycles. The van der Waals surface area contributed by atoms with Crippen LogP contribution >= 0.6 is 0 Å². The summed E-state index contributed by atoms with van der Waals surface area (Å²) < 4.78 is 0. The first-order chi connectivity index (χ1) is 9.24. The van der Waals surface area contributed by atoms with Gasteiger partial charge in [0.1, 0.15) is 0 Å². The molecule has 3 heteroatoms. The Morgan fingerprint density at radius 3 is 2.84 bits per heavy atom. The molecule has 2 N–H and O–H groups in total. The van der Waals surface area contributed by atoms with Gasteiger partial charge in [0.15, 0.2) is 0 Å². The van der Waals surface area contributed by atoms with Crippen molar-refractivity contribution in [2.45, 2.75) is 13.0 Å². The molecule has 19 heavy (non-hydrogen) atoms. The third-order valence-electron chi connectivity index (χ3n) is 3.95. The third-order valence-corrected chi connectivity index (χ3v) is 3.95. The van der Waals surface area contributed by atoms with Crippen molar-refractivity contribution < 1.29 is 4.79 Å². The van der Waals surface area contributed by atoms with Gasteiger partial charge in [0.2, 0.25) is 5.91 Å². The lowest BCUT2D eigenvalue weighted by Crippen LogP contribution is -2.36. The minimum absolute atomic E-state index is 0.226. The van der Waals surface area contributed by atoms with E-state index >= 15 is 0 Å². The molecule has 1 aromatic carbocycles. The molecule has 1 aliphatic heterocycles. The number of fused-ring (bicyclic) bond motifs is 1. The molecule has 2 aliphatic rings. The standard InChI is InChI=1S/C16H18N2O/c17-16(19)15-11-18(9-12-5-2-1-3-6-12)10-13-7-4-8-14(13)15/h1-6,8,11,13-14H,7,9-10H2,(H2,17,19)/t13-,14-/m0/s1. The van der Waals surface area contributed by atoms with E-state index in [2.05, 4.69) is 29.2 Å². The minimum Gasteiger partial charge on any atom is -0.372 e. The van der Waals surface area contributed by atoms with Gasteiger partial charge in [-0.05, 0) is 17.9 Å². The van der Waals surface area contributed by atoms with Crippen LogP contribution in [0.2, 0.25) is 0 Å². The van der Waals surface area contributed by atoms with Crippen LogP contribution in [0.15, 0.2) is 54.3 Å². The van der Waals surface area contributed by atoms with Crippen molar-refractivity contribution in [3.05, 3.63) is 59.8 Å². The molecule has 0 saturated heterocycles. The van der Waals surface area contributed by atoms with E-state index in [0.29, 0.717) is 5.92 Å². The number of hydrogen-bond donors (Lipinski definition) is 1. The molecule has 1 aromatic rings. The first-order valence-electron chi connectivity index (χ1n) is 6.70. The van der Waals surface area contributed by atoms with Crippen LogP contribution in [0.5, 0.6) is 0 Å². The number of hydrogen-bond acceptors (Lipinski definition) is 2. The zero-order chi connectivity index (χ0) is 13.2. The van der Waals surface area contributed by atoms with Gasteiger partial charge in [0.05, 0.1) is 0 Å². The normalized spacial score (nSPS) is 25.1. The molecule has 0 fully saturated rings. The zero-order valence-electron chi connectivity index (χ0n) is 10.8. The van der Waals surface area contributed by atoms with E-state index in [1.54, 1.807) is 0 Å². The minimum atomic E-state index is -0.292. The monoisotopic (exact) mass is 254 g/mol. The lowest BCUT2D eigenvalue weighted by atomic mass is 9.85. The topological polar surface area (TPSA) is 46.3 Å². The van der Waals surface area contributed by atoms with Crippen LogP contribution in [-0.2, 0) is 11.3 Å². The molecule has 1 aliphatic carbocycles. The van der Waals surface area contributed by atoms with Gasteiger partial charge in [-0.3, -0.25) is 4.79 Å². The van der Waals surface area contributed by atoms with Crippen LogP contribution in [0.1, 0.15) is 12.0 Å². The predicted molar refractivity (Wildman–Crippen MR) is 74.9 cm³/mol. The highest BCUT2D eigenvalue weighted by atomic mass is 16.1. The van der Waals surface area contributed by atoms with Crippen LogP contribution in [0.25, 0.3) is 0 Å². The van der Waals surface area contributed by atoms with Gasteiger partial charge in [-0.1, -0.05) is 42.5 Å². The number of carbonyl (C=O) groups is 1. The summed E-state index contributed by atoms with van der Waals surface area (Å²) in [6.45, 7) is 1.82. The summed E-state index contributed by atoms with van der Waals surface area (Å²) in [4.78, 5) is 13.8. The Balaban J connectivity index is 1.82. The number of carbonyl (C=O) groups excluding carboxylic acids is 1. The predicted octanol–water partition coefficient (Wildman–Crippen LogP) is 2.06. The van der Waals surface area contributed by atoms with Crippen LogP contribution in [0.3, 0.4) is 0 Å². The second-order valence-electron chi connectivity index (χ2n) is 5.31. The van der Waals surface area contributed by atoms with E-state index in [9.17, 15) is 4.79 Å². The van der Waals surface area contributed by atoms with Gasteiger partial charge in [-0.25, -0.2) is 0 Å². The summed E-state index contributed by atoms with van der Waals surface area (Å²) >= 11 is 0. The van der Waals surface area contributed by atoms with Gasteiger partial charge in [0, 0.05) is 30.8 Å². The Morgan fingerprint density at radius 1 is 1.32 bits per heavy atom. The molecule has 3 nitrogen and oxygen atoms in total. The quantitative estimate of drug-likeness (QED) is 0.839. The fraction of sp³-hybridized carbons (Fsp3) is 0.312. The van der Waals surface area contributed by atoms with E-state index < -0.39 is 0 Å². The van der Waals surface area contributed by atoms with E-state index in [-0.39, 0.29) is 11.8 Å². The zero-order valence-corrected chi connectivity index (χ0v) is 10.8. The van der Waals surface area contributed by atoms with Crippen molar-refractivity contribution in [2.75, 3.05) is 6.54 Å². The third kappa shape index (κ3) is 2.41. The molecular weight excluding hydrogens is 236 g/mol. The lowest BCUT2D eigenvalue weighted by molar-refractivity contribution is -0.115. The first-order valence-corrected chi connectivity index (χ1v) is 6.70. The Kier molecular flexibility index (Phi) is 3.11. The van der Waals surface area contributed by atoms with E-state index in [1.807, 2.05) is 24.4 Å². The van der Waals surface area contributed by atoms with Crippen LogP contribution in [0.4, 0.5) is 0 Å². The number of amides is 1. The molecule has 0 unspecified atom stereocenters. The Hall–Kier alpha value is -2.03. The van der Waals surface area contributed by atoms with Gasteiger partial charge < -0.3 is 10.6 Å². The maximum absolute atomic E-state index is 11.6. The van der Waals surface area contributed by atoms with E-state index in [1.165, 1.54) is 5.56 Å². The van der Waals surface area contributed by atoms with Gasteiger partial charge in [0.25, 0.3) is 0 Å². The Labute approximate surface area is 113 Å². The van der Waals surface area contributed by atoms with Crippen molar-refractivity contribution >= 4 is 5.91 Å². The van der Waals surface area contributed by atoms with Crippen molar-refractivity contribution in [1.82, 2.24) is 4.90 Å². The molecule has 1 heterocycles. The fourth-order valence-corrected chi connectivity index (χ4v) is 3.04. The van der Waals surface area contributed by atoms with Gasteiger partial charge in [-0.2, -0.15) is 0 Å². The molecule has 0 spiro atoms. The number of nitrogens with two attached hydrogens (primary N) is 1. The van der Waals surface area contributed by atoms with Gasteiger partial charge in [-0.15, -0.1) is 0 Å². The smallest absolute Gasteiger partial charge is 0.246 e. The Morgan fingerprint density at radius 2 is 2.11 bits per heavy atom.